The molecule has 0 spiro atoms. The number of carboxylic acid groups (broad SMARTS) is 1. The molecule has 19 heavy (non-hydrogen) atoms. The molecule has 1 unspecified atom stereocenters. The monoisotopic (exact) mass is 260 g/mol. The predicted molar refractivity (Wildman–Crippen MR) is 70.6 cm³/mol. The summed E-state index contributed by atoms with van der Waals surface area (Å²) in [5.74, 6) is -1.84. The fourth-order valence-corrected chi connectivity index (χ4v) is 2.14. The maximum atomic E-state index is 12.1. The Morgan fingerprint density at radius 2 is 2.05 bits per heavy atom. The van der Waals surface area contributed by atoms with Crippen LogP contribution < -0.4 is 0 Å². The summed E-state index contributed by atoms with van der Waals surface area (Å²) in [7, 11) is 0. The van der Waals surface area contributed by atoms with E-state index in [1.165, 1.54) is 5.01 Å². The van der Waals surface area contributed by atoms with Gasteiger partial charge in [-0.25, -0.2) is 5.01 Å². The molecule has 0 radical (unpaired) electrons. The second-order valence-electron chi connectivity index (χ2n) is 4.71. The quantitative estimate of drug-likeness (QED) is 0.897. The van der Waals surface area contributed by atoms with Gasteiger partial charge in [-0.3, -0.25) is 9.59 Å². The fourth-order valence-electron chi connectivity index (χ4n) is 2.14. The topological polar surface area (TPSA) is 70.0 Å². The number of rotatable bonds is 4. The average Bonchev–Trinajstić information content (AvgIpc) is 2.60. The number of nitrogens with zero attached hydrogens (tertiary/aromatic N) is 2. The average molecular weight is 260 g/mol. The normalized spacial score (nSPS) is 18.6. The van der Waals surface area contributed by atoms with Gasteiger partial charge in [-0.2, -0.15) is 5.10 Å². The van der Waals surface area contributed by atoms with E-state index >= 15 is 0 Å². The van der Waals surface area contributed by atoms with Crippen LogP contribution in [-0.2, 0) is 16.1 Å². The van der Waals surface area contributed by atoms with Gasteiger partial charge in [0, 0.05) is 5.71 Å². The molecule has 0 fully saturated rings. The van der Waals surface area contributed by atoms with Crippen LogP contribution in [0.1, 0.15) is 24.5 Å². The minimum atomic E-state index is -0.981. The van der Waals surface area contributed by atoms with E-state index < -0.39 is 11.9 Å². The van der Waals surface area contributed by atoms with Gasteiger partial charge in [-0.15, -0.1) is 0 Å². The van der Waals surface area contributed by atoms with E-state index in [2.05, 4.69) is 5.10 Å². The van der Waals surface area contributed by atoms with E-state index in [-0.39, 0.29) is 12.3 Å². The number of carboxylic acids is 1. The smallest absolute Gasteiger partial charge is 0.304 e. The number of hydrogen-bond acceptors (Lipinski definition) is 3. The summed E-state index contributed by atoms with van der Waals surface area (Å²) in [6, 6.07) is 7.76. The summed E-state index contributed by atoms with van der Waals surface area (Å²) in [6.07, 6.45) is -0.196. The van der Waals surface area contributed by atoms with E-state index in [1.54, 1.807) is 6.92 Å². The van der Waals surface area contributed by atoms with Crippen molar-refractivity contribution in [1.29, 1.82) is 0 Å². The molecule has 1 amide bonds. The van der Waals surface area contributed by atoms with Gasteiger partial charge in [0.05, 0.1) is 18.9 Å². The van der Waals surface area contributed by atoms with Crippen molar-refractivity contribution in [1.82, 2.24) is 5.01 Å². The van der Waals surface area contributed by atoms with Gasteiger partial charge < -0.3 is 5.11 Å². The van der Waals surface area contributed by atoms with E-state index in [0.717, 1.165) is 11.1 Å². The highest BCUT2D eigenvalue weighted by molar-refractivity contribution is 6.08. The van der Waals surface area contributed by atoms with Crippen LogP contribution >= 0.6 is 0 Å². The molecule has 2 rings (SSSR count). The van der Waals surface area contributed by atoms with Crippen LogP contribution in [0.5, 0.6) is 0 Å². The van der Waals surface area contributed by atoms with Crippen LogP contribution in [0.3, 0.4) is 0 Å². The van der Waals surface area contributed by atoms with Gasteiger partial charge in [0.2, 0.25) is 0 Å². The zero-order valence-corrected chi connectivity index (χ0v) is 11.0. The van der Waals surface area contributed by atoms with Crippen LogP contribution in [0.4, 0.5) is 0 Å². The molecule has 1 aliphatic heterocycles. The lowest BCUT2D eigenvalue weighted by Crippen LogP contribution is -2.28. The zero-order valence-electron chi connectivity index (χ0n) is 11.0. The Balaban J connectivity index is 2.14. The van der Waals surface area contributed by atoms with Crippen molar-refractivity contribution in [3.8, 4) is 0 Å². The van der Waals surface area contributed by atoms with Crippen LogP contribution in [0.15, 0.2) is 29.4 Å². The van der Waals surface area contributed by atoms with Gasteiger partial charge in [-0.05, 0) is 25.0 Å². The van der Waals surface area contributed by atoms with Crippen molar-refractivity contribution < 1.29 is 14.7 Å². The maximum absolute atomic E-state index is 12.1. The number of hydrogen-bond donors (Lipinski definition) is 1. The largest absolute Gasteiger partial charge is 0.481 e. The third-order valence-corrected chi connectivity index (χ3v) is 3.30. The Morgan fingerprint density at radius 1 is 1.37 bits per heavy atom. The number of amides is 1. The van der Waals surface area contributed by atoms with Gasteiger partial charge >= 0.3 is 5.97 Å². The first-order valence-corrected chi connectivity index (χ1v) is 6.12. The highest BCUT2D eigenvalue weighted by Gasteiger charge is 2.34. The molecule has 0 aromatic heterocycles. The molecule has 1 aromatic rings. The second-order valence-corrected chi connectivity index (χ2v) is 4.71. The summed E-state index contributed by atoms with van der Waals surface area (Å²) < 4.78 is 0. The SMILES string of the molecule is CC1=NN(Cc2ccccc2C)C(=O)C1CC(=O)O. The molecule has 100 valence electrons. The Kier molecular flexibility index (Phi) is 3.64. The molecule has 5 nitrogen and oxygen atoms in total. The lowest BCUT2D eigenvalue weighted by molar-refractivity contribution is -0.142. The first-order chi connectivity index (χ1) is 8.99. The highest BCUT2D eigenvalue weighted by atomic mass is 16.4. The van der Waals surface area contributed by atoms with E-state index in [9.17, 15) is 9.59 Å². The summed E-state index contributed by atoms with van der Waals surface area (Å²) in [5, 5.41) is 14.3. The zero-order chi connectivity index (χ0) is 14.0. The van der Waals surface area contributed by atoms with Crippen LogP contribution in [0.25, 0.3) is 0 Å². The lowest BCUT2D eigenvalue weighted by atomic mass is 10.0. The van der Waals surface area contributed by atoms with E-state index in [0.29, 0.717) is 12.3 Å². The molecule has 0 saturated carbocycles. The van der Waals surface area contributed by atoms with Crippen molar-refractivity contribution in [3.63, 3.8) is 0 Å². The van der Waals surface area contributed by atoms with Gasteiger partial charge in [0.15, 0.2) is 0 Å². The Labute approximate surface area is 111 Å². The molecule has 0 bridgehead atoms. The number of aliphatic carboxylic acids is 1. The predicted octanol–water partition coefficient (Wildman–Crippen LogP) is 1.80. The number of carbonyl (C=O) groups excluding carboxylic acids is 1. The minimum absolute atomic E-state index is 0.196. The molecule has 1 N–H and O–H groups in total. The van der Waals surface area contributed by atoms with Crippen molar-refractivity contribution in [3.05, 3.63) is 35.4 Å². The van der Waals surface area contributed by atoms with E-state index in [4.69, 9.17) is 5.11 Å². The Morgan fingerprint density at radius 3 is 2.68 bits per heavy atom. The molecule has 0 saturated heterocycles. The summed E-state index contributed by atoms with van der Waals surface area (Å²) >= 11 is 0. The number of hydrazone groups is 1. The van der Waals surface area contributed by atoms with Gasteiger partial charge in [-0.1, -0.05) is 24.3 Å². The molecule has 0 aliphatic carbocycles. The van der Waals surface area contributed by atoms with Gasteiger partial charge in [0.1, 0.15) is 0 Å². The van der Waals surface area contributed by atoms with Crippen LogP contribution in [0, 0.1) is 12.8 Å². The Bertz CT molecular complexity index is 551. The third-order valence-electron chi connectivity index (χ3n) is 3.30. The maximum Gasteiger partial charge on any atom is 0.304 e. The summed E-state index contributed by atoms with van der Waals surface area (Å²) in [6.45, 7) is 4.06. The Hall–Kier alpha value is -2.17. The molecular formula is C14H16N2O3. The summed E-state index contributed by atoms with van der Waals surface area (Å²) in [4.78, 5) is 22.9. The number of aryl methyl sites for hydroxylation is 1. The first-order valence-electron chi connectivity index (χ1n) is 6.12. The first kappa shape index (κ1) is 13.3. The number of benzene rings is 1. The number of carbonyl (C=O) groups is 2. The third kappa shape index (κ3) is 2.81. The summed E-state index contributed by atoms with van der Waals surface area (Å²) in [5.41, 5.74) is 2.68. The molecule has 1 aliphatic rings. The second kappa shape index (κ2) is 5.22. The van der Waals surface area contributed by atoms with Crippen molar-refractivity contribution in [2.75, 3.05) is 0 Å². The van der Waals surface area contributed by atoms with Crippen LogP contribution in [0.2, 0.25) is 0 Å². The highest BCUT2D eigenvalue weighted by Crippen LogP contribution is 2.22. The molecule has 1 heterocycles. The minimum Gasteiger partial charge on any atom is -0.481 e. The molecule has 1 atom stereocenters. The molecule has 1 aromatic carbocycles. The molecular weight excluding hydrogens is 244 g/mol. The lowest BCUT2D eigenvalue weighted by Gasteiger charge is -2.15. The fraction of sp³-hybridized carbons (Fsp3) is 0.357. The standard InChI is InChI=1S/C14H16N2O3/c1-9-5-3-4-6-11(9)8-16-14(19)12(7-13(17)18)10(2)15-16/h3-6,12H,7-8H2,1-2H3,(H,17,18). The van der Waals surface area contributed by atoms with E-state index in [1.807, 2.05) is 31.2 Å². The van der Waals surface area contributed by atoms with Crippen LogP contribution in [-0.4, -0.2) is 27.7 Å². The van der Waals surface area contributed by atoms with Crippen molar-refractivity contribution in [2.24, 2.45) is 11.0 Å². The van der Waals surface area contributed by atoms with Crippen molar-refractivity contribution >= 4 is 17.6 Å². The van der Waals surface area contributed by atoms with Gasteiger partial charge in [0.25, 0.3) is 5.91 Å². The molecule has 5 heteroatoms. The van der Waals surface area contributed by atoms with Crippen molar-refractivity contribution in [2.45, 2.75) is 26.8 Å².